The van der Waals surface area contributed by atoms with Gasteiger partial charge in [-0.3, -0.25) is 14.6 Å². The number of carbonyl (C=O) groups excluding carboxylic acids is 2. The quantitative estimate of drug-likeness (QED) is 0.391. The zero-order valence-corrected chi connectivity index (χ0v) is 21.3. The number of rotatable bonds is 4. The highest BCUT2D eigenvalue weighted by Gasteiger charge is 2.60. The number of aromatic nitrogens is 4. The molecule has 3 fully saturated rings. The fourth-order valence-electron chi connectivity index (χ4n) is 8.55. The minimum absolute atomic E-state index is 0.0897. The van der Waals surface area contributed by atoms with Crippen molar-refractivity contribution in [1.82, 2.24) is 15.0 Å². The predicted octanol–water partition coefficient (Wildman–Crippen LogP) is 4.68. The first-order chi connectivity index (χ1) is 16.3. The lowest BCUT2D eigenvalue weighted by Gasteiger charge is -2.58. The monoisotopic (exact) mass is 479 g/mol. The lowest BCUT2D eigenvalue weighted by atomic mass is 9.46. The lowest BCUT2D eigenvalue weighted by Crippen LogP contribution is -2.52. The molecule has 2 aromatic rings. The number of nitrogens with one attached hydrogen (secondary N) is 1. The van der Waals surface area contributed by atoms with Gasteiger partial charge >= 0.3 is 5.65 Å². The summed E-state index contributed by atoms with van der Waals surface area (Å²) in [6.07, 6.45) is 15.9. The zero-order chi connectivity index (χ0) is 23.7. The molecular formula is C27H35N4O2S+. The predicted molar refractivity (Wildman–Crippen MR) is 131 cm³/mol. The van der Waals surface area contributed by atoms with Crippen molar-refractivity contribution in [3.05, 3.63) is 24.3 Å². The summed E-state index contributed by atoms with van der Waals surface area (Å²) in [6.45, 7) is 5.22. The molecule has 6 rings (SSSR count). The Bertz CT molecular complexity index is 1200. The molecule has 0 radical (unpaired) electrons. The van der Waals surface area contributed by atoms with E-state index < -0.39 is 0 Å². The molecule has 3 saturated carbocycles. The van der Waals surface area contributed by atoms with E-state index in [-0.39, 0.29) is 16.7 Å². The van der Waals surface area contributed by atoms with E-state index in [4.69, 9.17) is 0 Å². The van der Waals surface area contributed by atoms with Crippen molar-refractivity contribution in [3.8, 4) is 0 Å². The Hall–Kier alpha value is -2.02. The summed E-state index contributed by atoms with van der Waals surface area (Å²) >= 11 is 1.58. The minimum atomic E-state index is 0.0897. The molecule has 4 aliphatic carbocycles. The summed E-state index contributed by atoms with van der Waals surface area (Å²) in [5.41, 5.74) is 3.41. The number of H-pyrrole nitrogens is 1. The van der Waals surface area contributed by atoms with Crippen molar-refractivity contribution < 1.29 is 14.2 Å². The summed E-state index contributed by atoms with van der Waals surface area (Å²) < 4.78 is 1.97. The van der Waals surface area contributed by atoms with Crippen molar-refractivity contribution in [2.45, 2.75) is 76.8 Å². The van der Waals surface area contributed by atoms with Crippen molar-refractivity contribution in [3.63, 3.8) is 0 Å². The SMILES string of the molecule is CSc1ncnc2c1[nH]c[n+]2CC(=O)[C@@H]1CC[C@@H]2[C@H]3CCC4=CC(=O)CC[C@@]4(C)[C@@H]3CC[C@]21C. The van der Waals surface area contributed by atoms with Crippen LogP contribution in [0, 0.1) is 34.5 Å². The van der Waals surface area contributed by atoms with Crippen LogP contribution in [0.15, 0.2) is 29.3 Å². The molecule has 2 heterocycles. The van der Waals surface area contributed by atoms with Gasteiger partial charge in [0.15, 0.2) is 24.2 Å². The number of imidazole rings is 1. The number of allylic oxidation sites excluding steroid dienone is 1. The van der Waals surface area contributed by atoms with Crippen LogP contribution in [-0.2, 0) is 16.1 Å². The highest BCUT2D eigenvalue weighted by Crippen LogP contribution is 2.66. The average Bonchev–Trinajstić information content (AvgIpc) is 3.40. The van der Waals surface area contributed by atoms with Gasteiger partial charge < -0.3 is 0 Å². The molecule has 7 heteroatoms. The van der Waals surface area contributed by atoms with Crippen molar-refractivity contribution in [2.75, 3.05) is 6.26 Å². The second-order valence-corrected chi connectivity index (χ2v) is 12.4. The van der Waals surface area contributed by atoms with Crippen LogP contribution in [0.4, 0.5) is 0 Å². The summed E-state index contributed by atoms with van der Waals surface area (Å²) in [4.78, 5) is 37.9. The Morgan fingerprint density at radius 3 is 2.82 bits per heavy atom. The molecule has 0 aromatic carbocycles. The summed E-state index contributed by atoms with van der Waals surface area (Å²) in [7, 11) is 0. The smallest absolute Gasteiger partial charge is 0.296 e. The molecule has 1 N–H and O–H groups in total. The Balaban J connectivity index is 1.24. The molecule has 6 atom stereocenters. The molecule has 34 heavy (non-hydrogen) atoms. The van der Waals surface area contributed by atoms with Gasteiger partial charge in [0.1, 0.15) is 11.6 Å². The van der Waals surface area contributed by atoms with Crippen LogP contribution in [0.2, 0.25) is 0 Å². The van der Waals surface area contributed by atoms with Gasteiger partial charge in [0.25, 0.3) is 0 Å². The molecule has 6 nitrogen and oxygen atoms in total. The van der Waals surface area contributed by atoms with Gasteiger partial charge in [-0.2, -0.15) is 0 Å². The Kier molecular flexibility index (Phi) is 5.28. The molecule has 0 amide bonds. The first kappa shape index (κ1) is 22.4. The van der Waals surface area contributed by atoms with Crippen LogP contribution >= 0.6 is 11.8 Å². The molecule has 0 aliphatic heterocycles. The number of ketones is 2. The highest BCUT2D eigenvalue weighted by atomic mass is 32.2. The summed E-state index contributed by atoms with van der Waals surface area (Å²) in [6, 6.07) is 0. The van der Waals surface area contributed by atoms with Crippen molar-refractivity contribution >= 4 is 34.5 Å². The maximum atomic E-state index is 13.7. The number of thioether (sulfide) groups is 1. The van der Waals surface area contributed by atoms with Gasteiger partial charge in [-0.1, -0.05) is 24.4 Å². The normalized spacial score (nSPS) is 37.1. The largest absolute Gasteiger partial charge is 0.306 e. The first-order valence-corrected chi connectivity index (χ1v) is 14.1. The number of Topliss-reactive ketones (excluding diaryl/α,β-unsaturated/α-hetero) is 1. The Morgan fingerprint density at radius 1 is 1.15 bits per heavy atom. The van der Waals surface area contributed by atoms with E-state index in [1.54, 1.807) is 18.1 Å². The second kappa shape index (κ2) is 8.00. The number of fused-ring (bicyclic) bond motifs is 6. The third kappa shape index (κ3) is 3.18. The van der Waals surface area contributed by atoms with Crippen LogP contribution in [0.5, 0.6) is 0 Å². The topological polar surface area (TPSA) is 79.6 Å². The molecule has 180 valence electrons. The van der Waals surface area contributed by atoms with Crippen LogP contribution < -0.4 is 4.57 Å². The van der Waals surface area contributed by atoms with E-state index in [2.05, 4.69) is 28.8 Å². The Labute approximate surface area is 205 Å². The fraction of sp³-hybridized carbons (Fsp3) is 0.667. The minimum Gasteiger partial charge on any atom is -0.296 e. The maximum absolute atomic E-state index is 13.7. The van der Waals surface area contributed by atoms with Gasteiger partial charge in [0.05, 0.1) is 0 Å². The molecule has 0 unspecified atom stereocenters. The number of hydrogen-bond acceptors (Lipinski definition) is 5. The molecule has 0 spiro atoms. The van der Waals surface area contributed by atoms with E-state index in [0.29, 0.717) is 42.3 Å². The van der Waals surface area contributed by atoms with Crippen molar-refractivity contribution in [2.24, 2.45) is 34.5 Å². The Morgan fingerprint density at radius 2 is 2.00 bits per heavy atom. The molecule has 0 saturated heterocycles. The fourth-order valence-corrected chi connectivity index (χ4v) is 9.06. The second-order valence-electron chi connectivity index (χ2n) is 11.6. The van der Waals surface area contributed by atoms with Gasteiger partial charge in [0.2, 0.25) is 5.52 Å². The molecule has 0 bridgehead atoms. The van der Waals surface area contributed by atoms with Crippen molar-refractivity contribution in [1.29, 1.82) is 0 Å². The van der Waals surface area contributed by atoms with Crippen LogP contribution in [0.1, 0.15) is 65.2 Å². The van der Waals surface area contributed by atoms with Gasteiger partial charge in [-0.05, 0) is 85.9 Å². The van der Waals surface area contributed by atoms with Gasteiger partial charge in [-0.15, -0.1) is 11.8 Å². The maximum Gasteiger partial charge on any atom is 0.306 e. The number of aromatic amines is 1. The number of carbonyl (C=O) groups is 2. The molecule has 2 aromatic heterocycles. The van der Waals surface area contributed by atoms with E-state index in [9.17, 15) is 9.59 Å². The highest BCUT2D eigenvalue weighted by molar-refractivity contribution is 7.98. The summed E-state index contributed by atoms with van der Waals surface area (Å²) in [5.74, 6) is 2.76. The number of nitrogens with zero attached hydrogens (tertiary/aromatic N) is 3. The van der Waals surface area contributed by atoms with Gasteiger partial charge in [-0.25, -0.2) is 9.55 Å². The van der Waals surface area contributed by atoms with E-state index >= 15 is 0 Å². The summed E-state index contributed by atoms with van der Waals surface area (Å²) in [5, 5.41) is 0.908. The van der Waals surface area contributed by atoms with Crippen LogP contribution in [0.25, 0.3) is 11.2 Å². The average molecular weight is 480 g/mol. The third-order valence-electron chi connectivity index (χ3n) is 10.3. The zero-order valence-electron chi connectivity index (χ0n) is 20.5. The molecule has 4 aliphatic rings. The van der Waals surface area contributed by atoms with Gasteiger partial charge in [0, 0.05) is 12.3 Å². The standard InChI is InChI=1S/C27H34N4O2S/c1-26-10-8-17(32)12-16(26)4-5-18-19-6-7-21(27(19,2)11-9-20(18)26)22(33)13-31-15-30-23-24(31)28-14-29-25(23)34-3/h12,14-15,18-21H,4-11,13H2,1-3H3/p+1/t18-,19-,20-,21+,26-,27-/m1/s1. The number of hydrogen-bond donors (Lipinski definition) is 1. The lowest BCUT2D eigenvalue weighted by molar-refractivity contribution is -0.660. The van der Waals surface area contributed by atoms with E-state index in [1.165, 1.54) is 24.8 Å². The van der Waals surface area contributed by atoms with E-state index in [0.717, 1.165) is 41.9 Å². The molecular weight excluding hydrogens is 444 g/mol. The van der Waals surface area contributed by atoms with Crippen LogP contribution in [0.3, 0.4) is 0 Å². The first-order valence-electron chi connectivity index (χ1n) is 12.9. The third-order valence-corrected chi connectivity index (χ3v) is 11.0. The van der Waals surface area contributed by atoms with Crippen LogP contribution in [-0.4, -0.2) is 32.8 Å². The van der Waals surface area contributed by atoms with E-state index in [1.807, 2.05) is 23.2 Å².